The normalized spacial score (nSPS) is 15.6. The number of nitrogens with zero attached hydrogens (tertiary/aromatic N) is 3. The van der Waals surface area contributed by atoms with Gasteiger partial charge in [0.2, 0.25) is 0 Å². The summed E-state index contributed by atoms with van der Waals surface area (Å²) in [7, 11) is 1.66. The first-order valence-electron chi connectivity index (χ1n) is 7.57. The zero-order chi connectivity index (χ0) is 16.2. The number of methoxy groups -OCH3 is 1. The van der Waals surface area contributed by atoms with Crippen LogP contribution in [0.4, 0.5) is 5.69 Å². The van der Waals surface area contributed by atoms with E-state index < -0.39 is 0 Å². The molecule has 7 heteroatoms. The molecule has 2 aromatic rings. The maximum absolute atomic E-state index is 11.7. The maximum Gasteiger partial charge on any atom is 0.266 e. The van der Waals surface area contributed by atoms with Crippen LogP contribution in [0.25, 0.3) is 0 Å². The van der Waals surface area contributed by atoms with E-state index in [0.717, 1.165) is 37.6 Å². The minimum Gasteiger partial charge on any atom is -0.497 e. The molecule has 1 aliphatic heterocycles. The first kappa shape index (κ1) is 15.4. The Morgan fingerprint density at radius 2 is 1.70 bits per heavy atom. The fourth-order valence-electron chi connectivity index (χ4n) is 2.71. The van der Waals surface area contributed by atoms with Crippen LogP contribution in [-0.2, 0) is 6.67 Å². The lowest BCUT2D eigenvalue weighted by Gasteiger charge is -2.36. The largest absolute Gasteiger partial charge is 0.497 e. The number of nitrogens with one attached hydrogen (secondary N) is 1. The summed E-state index contributed by atoms with van der Waals surface area (Å²) in [5.41, 5.74) is 0.708. The van der Waals surface area contributed by atoms with E-state index in [0.29, 0.717) is 6.67 Å². The second-order valence-corrected chi connectivity index (χ2v) is 5.52. The molecule has 0 spiro atoms. The van der Waals surface area contributed by atoms with Gasteiger partial charge in [0.05, 0.1) is 13.8 Å². The van der Waals surface area contributed by atoms with E-state index in [-0.39, 0.29) is 11.1 Å². The van der Waals surface area contributed by atoms with E-state index in [1.54, 1.807) is 7.11 Å². The summed E-state index contributed by atoms with van der Waals surface area (Å²) in [5, 5.41) is 2.56. The van der Waals surface area contributed by atoms with Gasteiger partial charge in [-0.1, -0.05) is 0 Å². The van der Waals surface area contributed by atoms with Gasteiger partial charge in [-0.25, -0.2) is 4.68 Å². The molecule has 0 radical (unpaired) electrons. The van der Waals surface area contributed by atoms with Gasteiger partial charge in [-0.05, 0) is 24.3 Å². The van der Waals surface area contributed by atoms with Crippen LogP contribution in [0.1, 0.15) is 0 Å². The highest BCUT2D eigenvalue weighted by molar-refractivity contribution is 5.49. The predicted molar refractivity (Wildman–Crippen MR) is 88.1 cm³/mol. The van der Waals surface area contributed by atoms with E-state index in [2.05, 4.69) is 14.9 Å². The second-order valence-electron chi connectivity index (χ2n) is 5.52. The van der Waals surface area contributed by atoms with Crippen LogP contribution in [0, 0.1) is 0 Å². The van der Waals surface area contributed by atoms with E-state index in [1.165, 1.54) is 16.8 Å². The smallest absolute Gasteiger partial charge is 0.266 e. The average molecular weight is 316 g/mol. The Labute approximate surface area is 133 Å². The summed E-state index contributed by atoms with van der Waals surface area (Å²) in [5.74, 6) is 0.847. The summed E-state index contributed by atoms with van der Waals surface area (Å²) in [6.45, 7) is 3.81. The monoisotopic (exact) mass is 316 g/mol. The van der Waals surface area contributed by atoms with Crippen LogP contribution in [0.15, 0.2) is 46.0 Å². The molecule has 0 unspecified atom stereocenters. The Balaban J connectivity index is 1.60. The van der Waals surface area contributed by atoms with Crippen molar-refractivity contribution in [1.82, 2.24) is 14.7 Å². The number of hydrogen-bond acceptors (Lipinski definition) is 5. The van der Waals surface area contributed by atoms with Gasteiger partial charge in [-0.15, -0.1) is 0 Å². The summed E-state index contributed by atoms with van der Waals surface area (Å²) >= 11 is 0. The third kappa shape index (κ3) is 3.62. The second kappa shape index (κ2) is 6.70. The zero-order valence-electron chi connectivity index (χ0n) is 13.1. The molecule has 1 saturated heterocycles. The lowest BCUT2D eigenvalue weighted by atomic mass is 10.2. The molecule has 0 bridgehead atoms. The Kier molecular flexibility index (Phi) is 4.47. The number of hydrogen-bond donors (Lipinski definition) is 1. The molecule has 1 fully saturated rings. The van der Waals surface area contributed by atoms with Gasteiger partial charge in [-0.3, -0.25) is 19.6 Å². The number of benzene rings is 1. The molecule has 2 heterocycles. The van der Waals surface area contributed by atoms with Crippen molar-refractivity contribution in [2.45, 2.75) is 6.67 Å². The lowest BCUT2D eigenvalue weighted by molar-refractivity contribution is 0.190. The fourth-order valence-corrected chi connectivity index (χ4v) is 2.71. The molecule has 0 atom stereocenters. The predicted octanol–water partition coefficient (Wildman–Crippen LogP) is 0.325. The van der Waals surface area contributed by atoms with Crippen LogP contribution in [-0.4, -0.2) is 48.0 Å². The van der Waals surface area contributed by atoms with Crippen LogP contribution < -0.4 is 20.8 Å². The topological polar surface area (TPSA) is 70.6 Å². The van der Waals surface area contributed by atoms with E-state index >= 15 is 0 Å². The molecule has 122 valence electrons. The Morgan fingerprint density at radius 3 is 2.35 bits per heavy atom. The first-order chi connectivity index (χ1) is 11.2. The maximum atomic E-state index is 11.7. The van der Waals surface area contributed by atoms with Gasteiger partial charge >= 0.3 is 0 Å². The Morgan fingerprint density at radius 1 is 1.00 bits per heavy atom. The number of ether oxygens (including phenoxy) is 1. The van der Waals surface area contributed by atoms with Crippen molar-refractivity contribution >= 4 is 5.69 Å². The van der Waals surface area contributed by atoms with Gasteiger partial charge < -0.3 is 9.64 Å². The molecule has 0 saturated carbocycles. The molecule has 3 rings (SSSR count). The molecule has 1 aliphatic rings. The highest BCUT2D eigenvalue weighted by Gasteiger charge is 2.17. The molecule has 0 amide bonds. The number of piperazine rings is 1. The van der Waals surface area contributed by atoms with Gasteiger partial charge in [0, 0.05) is 44.0 Å². The molecular formula is C16H20N4O3. The molecule has 7 nitrogen and oxygen atoms in total. The average Bonchev–Trinajstić information content (AvgIpc) is 2.59. The third-order valence-electron chi connectivity index (χ3n) is 4.04. The molecule has 1 aromatic heterocycles. The molecule has 23 heavy (non-hydrogen) atoms. The highest BCUT2D eigenvalue weighted by atomic mass is 16.5. The van der Waals surface area contributed by atoms with Gasteiger partial charge in [0.25, 0.3) is 11.1 Å². The number of anilines is 1. The summed E-state index contributed by atoms with van der Waals surface area (Å²) < 4.78 is 6.53. The van der Waals surface area contributed by atoms with Crippen LogP contribution >= 0.6 is 0 Å². The van der Waals surface area contributed by atoms with Crippen LogP contribution in [0.3, 0.4) is 0 Å². The van der Waals surface area contributed by atoms with E-state index in [1.807, 2.05) is 24.3 Å². The van der Waals surface area contributed by atoms with Gasteiger partial charge in [-0.2, -0.15) is 0 Å². The summed E-state index contributed by atoms with van der Waals surface area (Å²) in [4.78, 5) is 27.5. The van der Waals surface area contributed by atoms with Crippen molar-refractivity contribution in [3.05, 3.63) is 57.1 Å². The SMILES string of the molecule is COc1ccc(N2CCN(Cn3[nH]c(=O)ccc3=O)CC2)cc1. The first-order valence-corrected chi connectivity index (χ1v) is 7.57. The third-order valence-corrected chi connectivity index (χ3v) is 4.04. The van der Waals surface area contributed by atoms with Crippen LogP contribution in [0.2, 0.25) is 0 Å². The van der Waals surface area contributed by atoms with Crippen molar-refractivity contribution in [3.63, 3.8) is 0 Å². The molecule has 0 aliphatic carbocycles. The summed E-state index contributed by atoms with van der Waals surface area (Å²) in [6.07, 6.45) is 0. The number of aromatic nitrogens is 2. The lowest BCUT2D eigenvalue weighted by Crippen LogP contribution is -2.48. The minimum absolute atomic E-state index is 0.192. The minimum atomic E-state index is -0.263. The van der Waals surface area contributed by atoms with Gasteiger partial charge in [0.15, 0.2) is 0 Å². The highest BCUT2D eigenvalue weighted by Crippen LogP contribution is 2.20. The standard InChI is InChI=1S/C16H20N4O3/c1-23-14-4-2-13(3-5-14)19-10-8-18(9-11-19)12-20-16(22)7-6-15(21)17-20/h2-7H,8-12H2,1H3,(H,17,21). The van der Waals surface area contributed by atoms with Crippen molar-refractivity contribution in [3.8, 4) is 5.75 Å². The molecule has 1 N–H and O–H groups in total. The van der Waals surface area contributed by atoms with E-state index in [9.17, 15) is 9.59 Å². The quantitative estimate of drug-likeness (QED) is 0.880. The molecular weight excluding hydrogens is 296 g/mol. The Hall–Kier alpha value is -2.54. The number of H-pyrrole nitrogens is 1. The molecule has 1 aromatic carbocycles. The van der Waals surface area contributed by atoms with Crippen LogP contribution in [0.5, 0.6) is 5.75 Å². The number of rotatable bonds is 4. The van der Waals surface area contributed by atoms with Crippen molar-refractivity contribution in [2.75, 3.05) is 38.2 Å². The Bertz CT molecular complexity index is 758. The summed E-state index contributed by atoms with van der Waals surface area (Å²) in [6, 6.07) is 10.6. The fraction of sp³-hybridized carbons (Fsp3) is 0.375. The van der Waals surface area contributed by atoms with Crippen molar-refractivity contribution in [1.29, 1.82) is 0 Å². The van der Waals surface area contributed by atoms with E-state index in [4.69, 9.17) is 4.74 Å². The zero-order valence-corrected chi connectivity index (χ0v) is 13.1. The van der Waals surface area contributed by atoms with Crippen molar-refractivity contribution in [2.24, 2.45) is 0 Å². The number of aromatic amines is 1. The van der Waals surface area contributed by atoms with Crippen molar-refractivity contribution < 1.29 is 4.74 Å². The van der Waals surface area contributed by atoms with Gasteiger partial charge in [0.1, 0.15) is 5.75 Å².